The number of benzene rings is 1. The average Bonchev–Trinajstić information content (AvgIpc) is 3.45. The van der Waals surface area contributed by atoms with Gasteiger partial charge in [0, 0.05) is 25.9 Å². The molecule has 170 valence electrons. The number of amides is 3. The summed E-state index contributed by atoms with van der Waals surface area (Å²) in [5.41, 5.74) is 1.39. The number of carbonyl (C=O) groups excluding carboxylic acids is 2. The Kier molecular flexibility index (Phi) is 4.82. The van der Waals surface area contributed by atoms with E-state index in [1.54, 1.807) is 29.3 Å². The summed E-state index contributed by atoms with van der Waals surface area (Å²) in [4.78, 5) is 35.5. The molecule has 5 heterocycles. The van der Waals surface area contributed by atoms with Gasteiger partial charge in [0.2, 0.25) is 6.79 Å². The Balaban J connectivity index is 1.48. The second-order valence-corrected chi connectivity index (χ2v) is 9.56. The number of ether oxygens (including phenoxy) is 2. The Morgan fingerprint density at radius 2 is 2.21 bits per heavy atom. The molecule has 1 aromatic carbocycles. The summed E-state index contributed by atoms with van der Waals surface area (Å²) >= 11 is 7.75. The first-order chi connectivity index (χ1) is 16.1. The van der Waals surface area contributed by atoms with Gasteiger partial charge in [0.05, 0.1) is 21.8 Å². The number of anilines is 3. The quantitative estimate of drug-likeness (QED) is 0.574. The average molecular weight is 487 g/mol. The second-order valence-electron chi connectivity index (χ2n) is 8.15. The number of nitrogens with one attached hydrogen (secondary N) is 1. The summed E-state index contributed by atoms with van der Waals surface area (Å²) in [5.74, 6) is 0.793. The molecule has 1 atom stereocenters. The van der Waals surface area contributed by atoms with E-state index in [1.165, 1.54) is 16.2 Å². The molecule has 0 saturated carbocycles. The Labute approximate surface area is 197 Å². The number of aromatic nitrogens is 1. The van der Waals surface area contributed by atoms with E-state index in [9.17, 15) is 14.7 Å². The highest BCUT2D eigenvalue weighted by Crippen LogP contribution is 2.52. The van der Waals surface area contributed by atoms with E-state index in [0.717, 1.165) is 12.8 Å². The van der Waals surface area contributed by atoms with Gasteiger partial charge in [-0.3, -0.25) is 9.69 Å². The maximum atomic E-state index is 13.4. The number of aliphatic hydroxyl groups excluding tert-OH is 1. The first-order valence-electron chi connectivity index (χ1n) is 10.6. The zero-order chi connectivity index (χ0) is 22.7. The van der Waals surface area contributed by atoms with E-state index in [0.29, 0.717) is 61.8 Å². The molecule has 3 amide bonds. The Bertz CT molecular complexity index is 1310. The number of hydrogen-bond donors (Lipinski definition) is 2. The number of pyridine rings is 1. The van der Waals surface area contributed by atoms with Gasteiger partial charge in [0.25, 0.3) is 5.91 Å². The predicted molar refractivity (Wildman–Crippen MR) is 124 cm³/mol. The van der Waals surface area contributed by atoms with Gasteiger partial charge in [-0.25, -0.2) is 9.78 Å². The molecule has 3 aromatic rings. The number of halogens is 1. The van der Waals surface area contributed by atoms with Crippen LogP contribution in [0.1, 0.15) is 22.5 Å². The zero-order valence-corrected chi connectivity index (χ0v) is 18.9. The number of thiophene rings is 1. The van der Waals surface area contributed by atoms with Crippen LogP contribution in [-0.2, 0) is 0 Å². The first kappa shape index (κ1) is 20.5. The normalized spacial score (nSPS) is 19.2. The van der Waals surface area contributed by atoms with Crippen molar-refractivity contribution in [1.29, 1.82) is 0 Å². The maximum absolute atomic E-state index is 13.4. The van der Waals surface area contributed by atoms with Crippen LogP contribution in [-0.4, -0.2) is 53.4 Å². The Hall–Kier alpha value is -3.08. The SMILES string of the molecule is O=C(c1sc2nccc3c2c1NC(=O)N3c1c(Cl)ccc2c1OCO2)N1CCCC(CO)C1. The molecule has 3 aliphatic rings. The van der Waals surface area contributed by atoms with Crippen LogP contribution in [0.4, 0.5) is 21.9 Å². The molecule has 2 N–H and O–H groups in total. The number of rotatable bonds is 3. The number of nitrogens with zero attached hydrogens (tertiary/aromatic N) is 3. The Morgan fingerprint density at radius 1 is 1.33 bits per heavy atom. The van der Waals surface area contributed by atoms with Gasteiger partial charge in [-0.05, 0) is 37.0 Å². The number of aliphatic hydroxyl groups is 1. The molecule has 1 fully saturated rings. The van der Waals surface area contributed by atoms with Crippen molar-refractivity contribution < 1.29 is 24.2 Å². The van der Waals surface area contributed by atoms with Crippen molar-refractivity contribution in [2.75, 3.05) is 36.7 Å². The minimum atomic E-state index is -0.458. The molecule has 11 heteroatoms. The molecule has 1 unspecified atom stereocenters. The second kappa shape index (κ2) is 7.75. The molecule has 0 radical (unpaired) electrons. The Morgan fingerprint density at radius 3 is 3.06 bits per heavy atom. The fourth-order valence-corrected chi connectivity index (χ4v) is 5.96. The summed E-state index contributed by atoms with van der Waals surface area (Å²) in [6, 6.07) is 4.62. The van der Waals surface area contributed by atoms with E-state index in [1.807, 2.05) is 0 Å². The standard InChI is InChI=1S/C22H19ClN4O5S/c23-12-3-4-14-18(32-10-31-14)17(12)27-13-5-6-24-20-15(13)16(25-22(27)30)19(33-20)21(29)26-7-1-2-11(8-26)9-28/h3-6,11,28H,1-2,7-10H2,(H,25,30). The van der Waals surface area contributed by atoms with Gasteiger partial charge in [0.1, 0.15) is 15.4 Å². The molecular weight excluding hydrogens is 468 g/mol. The molecule has 0 bridgehead atoms. The van der Waals surface area contributed by atoms with Crippen LogP contribution < -0.4 is 19.7 Å². The van der Waals surface area contributed by atoms with Crippen molar-refractivity contribution in [3.8, 4) is 11.5 Å². The summed E-state index contributed by atoms with van der Waals surface area (Å²) in [7, 11) is 0. The third-order valence-corrected chi connectivity index (χ3v) is 7.58. The van der Waals surface area contributed by atoms with Crippen LogP contribution in [0.5, 0.6) is 11.5 Å². The van der Waals surface area contributed by atoms with E-state index in [4.69, 9.17) is 21.1 Å². The van der Waals surface area contributed by atoms with Gasteiger partial charge in [-0.1, -0.05) is 11.6 Å². The molecular formula is C22H19ClN4O5S. The summed E-state index contributed by atoms with van der Waals surface area (Å²) < 4.78 is 11.1. The number of likely N-dealkylation sites (tertiary alicyclic amines) is 1. The lowest BCUT2D eigenvalue weighted by Crippen LogP contribution is -2.41. The van der Waals surface area contributed by atoms with Gasteiger partial charge in [-0.15, -0.1) is 11.3 Å². The summed E-state index contributed by atoms with van der Waals surface area (Å²) in [5, 5.41) is 13.4. The number of carbonyl (C=O) groups is 2. The predicted octanol–water partition coefficient (Wildman–Crippen LogP) is 4.21. The maximum Gasteiger partial charge on any atom is 0.331 e. The number of fused-ring (bicyclic) bond motifs is 1. The van der Waals surface area contributed by atoms with E-state index in [-0.39, 0.29) is 25.2 Å². The molecule has 0 spiro atoms. The van der Waals surface area contributed by atoms with Crippen molar-refractivity contribution >= 4 is 62.2 Å². The van der Waals surface area contributed by atoms with Crippen molar-refractivity contribution in [2.45, 2.75) is 12.8 Å². The van der Waals surface area contributed by atoms with Crippen LogP contribution in [0.25, 0.3) is 10.2 Å². The van der Waals surface area contributed by atoms with Crippen LogP contribution in [0.3, 0.4) is 0 Å². The molecule has 3 aliphatic heterocycles. The summed E-state index contributed by atoms with van der Waals surface area (Å²) in [6.45, 7) is 1.20. The van der Waals surface area contributed by atoms with Crippen LogP contribution in [0, 0.1) is 5.92 Å². The van der Waals surface area contributed by atoms with E-state index >= 15 is 0 Å². The molecule has 0 aliphatic carbocycles. The lowest BCUT2D eigenvalue weighted by Gasteiger charge is -2.32. The third kappa shape index (κ3) is 3.12. The van der Waals surface area contributed by atoms with Crippen molar-refractivity contribution in [3.05, 3.63) is 34.3 Å². The van der Waals surface area contributed by atoms with Gasteiger partial charge in [0.15, 0.2) is 11.5 Å². The highest BCUT2D eigenvalue weighted by molar-refractivity contribution is 7.21. The first-order valence-corrected chi connectivity index (χ1v) is 11.8. The highest BCUT2D eigenvalue weighted by atomic mass is 35.5. The molecule has 9 nitrogen and oxygen atoms in total. The summed E-state index contributed by atoms with van der Waals surface area (Å²) in [6.07, 6.45) is 3.33. The lowest BCUT2D eigenvalue weighted by atomic mass is 9.99. The lowest BCUT2D eigenvalue weighted by molar-refractivity contribution is 0.0626. The van der Waals surface area contributed by atoms with Gasteiger partial charge < -0.3 is 24.8 Å². The monoisotopic (exact) mass is 486 g/mol. The largest absolute Gasteiger partial charge is 0.454 e. The van der Waals surface area contributed by atoms with Crippen molar-refractivity contribution in [1.82, 2.24) is 9.88 Å². The van der Waals surface area contributed by atoms with E-state index < -0.39 is 6.03 Å². The van der Waals surface area contributed by atoms with Gasteiger partial charge in [-0.2, -0.15) is 0 Å². The molecule has 1 saturated heterocycles. The smallest absolute Gasteiger partial charge is 0.331 e. The molecule has 6 rings (SSSR count). The van der Waals surface area contributed by atoms with Crippen LogP contribution in [0.2, 0.25) is 5.02 Å². The van der Waals surface area contributed by atoms with Crippen molar-refractivity contribution in [2.24, 2.45) is 5.92 Å². The van der Waals surface area contributed by atoms with Crippen LogP contribution >= 0.6 is 22.9 Å². The highest BCUT2D eigenvalue weighted by Gasteiger charge is 2.38. The van der Waals surface area contributed by atoms with Crippen LogP contribution in [0.15, 0.2) is 24.4 Å². The number of hydrogen-bond acceptors (Lipinski definition) is 7. The third-order valence-electron chi connectivity index (χ3n) is 6.19. The van der Waals surface area contributed by atoms with E-state index in [2.05, 4.69) is 10.3 Å². The number of urea groups is 1. The number of piperidine rings is 1. The topological polar surface area (TPSA) is 104 Å². The van der Waals surface area contributed by atoms with Gasteiger partial charge >= 0.3 is 6.03 Å². The fraction of sp³-hybridized carbons (Fsp3) is 0.318. The molecule has 2 aromatic heterocycles. The fourth-order valence-electron chi connectivity index (χ4n) is 4.64. The minimum absolute atomic E-state index is 0.0386. The van der Waals surface area contributed by atoms with Crippen molar-refractivity contribution in [3.63, 3.8) is 0 Å². The molecule has 33 heavy (non-hydrogen) atoms. The zero-order valence-electron chi connectivity index (χ0n) is 17.3. The minimum Gasteiger partial charge on any atom is -0.454 e.